The standard InChI is InChI=1S/C17H28N2O7S/c1-3-26-17(22)13-5-4-7-18(11-13)15(20)16(21)19(8-9-25-2)14-6-10-27(23,24)12-14/h13-14H,3-12H2,1-2H3. The van der Waals surface area contributed by atoms with Crippen LogP contribution < -0.4 is 0 Å². The maximum absolute atomic E-state index is 12.8. The van der Waals surface area contributed by atoms with Crippen LogP contribution in [0.15, 0.2) is 0 Å². The molecule has 2 aliphatic heterocycles. The number of rotatable bonds is 6. The molecule has 2 atom stereocenters. The number of carbonyl (C=O) groups excluding carboxylic acids is 3. The number of nitrogens with zero attached hydrogens (tertiary/aromatic N) is 2. The van der Waals surface area contributed by atoms with Gasteiger partial charge in [0.25, 0.3) is 0 Å². The zero-order chi connectivity index (χ0) is 20.0. The van der Waals surface area contributed by atoms with Gasteiger partial charge in [0.2, 0.25) is 0 Å². The molecule has 0 saturated carbocycles. The number of hydrogen-bond acceptors (Lipinski definition) is 7. The number of hydrogen-bond donors (Lipinski definition) is 0. The van der Waals surface area contributed by atoms with Crippen LogP contribution in [0.25, 0.3) is 0 Å². The van der Waals surface area contributed by atoms with E-state index < -0.39 is 33.6 Å². The summed E-state index contributed by atoms with van der Waals surface area (Å²) in [5, 5.41) is 0. The number of piperidine rings is 1. The fourth-order valence-electron chi connectivity index (χ4n) is 3.53. The largest absolute Gasteiger partial charge is 0.466 e. The van der Waals surface area contributed by atoms with Crippen LogP contribution in [0.4, 0.5) is 0 Å². The number of sulfone groups is 1. The third-order valence-corrected chi connectivity index (χ3v) is 6.71. The van der Waals surface area contributed by atoms with E-state index in [1.807, 2.05) is 0 Å². The van der Waals surface area contributed by atoms with E-state index in [4.69, 9.17) is 9.47 Å². The molecule has 2 fully saturated rings. The quantitative estimate of drug-likeness (QED) is 0.431. The van der Waals surface area contributed by atoms with Crippen LogP contribution >= 0.6 is 0 Å². The Kier molecular flexibility index (Phi) is 7.60. The highest BCUT2D eigenvalue weighted by Crippen LogP contribution is 2.21. The van der Waals surface area contributed by atoms with E-state index in [1.165, 1.54) is 16.9 Å². The van der Waals surface area contributed by atoms with E-state index in [0.29, 0.717) is 25.8 Å². The number of esters is 1. The molecule has 2 amide bonds. The number of carbonyl (C=O) groups is 3. The molecule has 0 radical (unpaired) electrons. The number of amides is 2. The Balaban J connectivity index is 2.07. The summed E-state index contributed by atoms with van der Waals surface area (Å²) in [6.45, 7) is 2.88. The highest BCUT2D eigenvalue weighted by Gasteiger charge is 2.39. The molecule has 0 aliphatic carbocycles. The zero-order valence-electron chi connectivity index (χ0n) is 15.9. The molecule has 10 heteroatoms. The van der Waals surface area contributed by atoms with Crippen molar-refractivity contribution in [1.29, 1.82) is 0 Å². The van der Waals surface area contributed by atoms with E-state index in [9.17, 15) is 22.8 Å². The fourth-order valence-corrected chi connectivity index (χ4v) is 5.26. The Bertz CT molecular complexity index is 664. The van der Waals surface area contributed by atoms with Crippen LogP contribution in [0.2, 0.25) is 0 Å². The van der Waals surface area contributed by atoms with Gasteiger partial charge in [-0.3, -0.25) is 14.4 Å². The lowest BCUT2D eigenvalue weighted by molar-refractivity contribution is -0.157. The third-order valence-electron chi connectivity index (χ3n) is 4.96. The molecule has 2 unspecified atom stereocenters. The summed E-state index contributed by atoms with van der Waals surface area (Å²) in [4.78, 5) is 40.2. The summed E-state index contributed by atoms with van der Waals surface area (Å²) >= 11 is 0. The van der Waals surface area contributed by atoms with Gasteiger partial charge in [0.05, 0.1) is 30.6 Å². The minimum Gasteiger partial charge on any atom is -0.466 e. The average molecular weight is 404 g/mol. The van der Waals surface area contributed by atoms with Gasteiger partial charge in [0.1, 0.15) is 0 Å². The molecule has 27 heavy (non-hydrogen) atoms. The van der Waals surface area contributed by atoms with Crippen LogP contribution in [0.5, 0.6) is 0 Å². The molecule has 0 aromatic carbocycles. The first-order valence-electron chi connectivity index (χ1n) is 9.25. The van der Waals surface area contributed by atoms with Crippen molar-refractivity contribution >= 4 is 27.6 Å². The number of likely N-dealkylation sites (tertiary alicyclic amines) is 1. The molecule has 154 valence electrons. The molecule has 0 N–H and O–H groups in total. The van der Waals surface area contributed by atoms with Crippen molar-refractivity contribution in [1.82, 2.24) is 9.80 Å². The normalized spacial score (nSPS) is 24.4. The smallest absolute Gasteiger partial charge is 0.312 e. The van der Waals surface area contributed by atoms with Gasteiger partial charge in [-0.25, -0.2) is 8.42 Å². The van der Waals surface area contributed by atoms with Crippen LogP contribution in [0.3, 0.4) is 0 Å². The summed E-state index contributed by atoms with van der Waals surface area (Å²) in [6.07, 6.45) is 1.54. The highest BCUT2D eigenvalue weighted by atomic mass is 32.2. The second-order valence-electron chi connectivity index (χ2n) is 6.89. The second-order valence-corrected chi connectivity index (χ2v) is 9.12. The van der Waals surface area contributed by atoms with Gasteiger partial charge in [-0.15, -0.1) is 0 Å². The summed E-state index contributed by atoms with van der Waals surface area (Å²) in [5.74, 6) is -2.36. The summed E-state index contributed by atoms with van der Waals surface area (Å²) in [7, 11) is -1.72. The minimum atomic E-state index is -3.20. The maximum atomic E-state index is 12.8. The molecule has 2 saturated heterocycles. The van der Waals surface area contributed by atoms with Crippen molar-refractivity contribution in [2.24, 2.45) is 5.92 Å². The molecule has 9 nitrogen and oxygen atoms in total. The molecule has 0 spiro atoms. The van der Waals surface area contributed by atoms with Gasteiger partial charge >= 0.3 is 17.8 Å². The Labute approximate surface area is 159 Å². The second kappa shape index (κ2) is 9.50. The van der Waals surface area contributed by atoms with Crippen molar-refractivity contribution in [2.75, 3.05) is 51.5 Å². The Morgan fingerprint density at radius 2 is 1.96 bits per heavy atom. The predicted octanol–water partition coefficient (Wildman–Crippen LogP) is -0.550. The molecule has 0 aromatic rings. The SMILES string of the molecule is CCOC(=O)C1CCCN(C(=O)C(=O)N(CCOC)C2CCS(=O)(=O)C2)C1. The van der Waals surface area contributed by atoms with Crippen molar-refractivity contribution < 1.29 is 32.3 Å². The first-order chi connectivity index (χ1) is 12.8. The van der Waals surface area contributed by atoms with Crippen molar-refractivity contribution in [3.05, 3.63) is 0 Å². The van der Waals surface area contributed by atoms with Crippen molar-refractivity contribution in [3.8, 4) is 0 Å². The molecule has 2 heterocycles. The van der Waals surface area contributed by atoms with Gasteiger partial charge < -0.3 is 19.3 Å². The van der Waals surface area contributed by atoms with Gasteiger partial charge in [0, 0.05) is 32.8 Å². The lowest BCUT2D eigenvalue weighted by Crippen LogP contribution is -2.53. The zero-order valence-corrected chi connectivity index (χ0v) is 16.7. The lowest BCUT2D eigenvalue weighted by Gasteiger charge is -2.34. The van der Waals surface area contributed by atoms with Gasteiger partial charge in [-0.2, -0.15) is 0 Å². The number of methoxy groups -OCH3 is 1. The summed E-state index contributed by atoms with van der Waals surface area (Å²) in [6, 6.07) is -0.521. The Hall–Kier alpha value is -1.68. The van der Waals surface area contributed by atoms with E-state index >= 15 is 0 Å². The highest BCUT2D eigenvalue weighted by molar-refractivity contribution is 7.91. The molecular weight excluding hydrogens is 376 g/mol. The molecule has 0 bridgehead atoms. The molecular formula is C17H28N2O7S. The summed E-state index contributed by atoms with van der Waals surface area (Å²) < 4.78 is 33.6. The minimum absolute atomic E-state index is 0.0112. The van der Waals surface area contributed by atoms with Crippen LogP contribution in [-0.4, -0.2) is 93.5 Å². The predicted molar refractivity (Wildman–Crippen MR) is 96.6 cm³/mol. The van der Waals surface area contributed by atoms with Crippen LogP contribution in [-0.2, 0) is 33.7 Å². The topological polar surface area (TPSA) is 110 Å². The molecule has 2 rings (SSSR count). The maximum Gasteiger partial charge on any atom is 0.312 e. The van der Waals surface area contributed by atoms with E-state index in [0.717, 1.165) is 0 Å². The van der Waals surface area contributed by atoms with Crippen LogP contribution in [0.1, 0.15) is 26.2 Å². The van der Waals surface area contributed by atoms with E-state index in [-0.39, 0.29) is 43.8 Å². The Morgan fingerprint density at radius 3 is 2.56 bits per heavy atom. The molecule has 0 aromatic heterocycles. The van der Waals surface area contributed by atoms with E-state index in [2.05, 4.69) is 0 Å². The van der Waals surface area contributed by atoms with Gasteiger partial charge in [0.15, 0.2) is 9.84 Å². The summed E-state index contributed by atoms with van der Waals surface area (Å²) in [5.41, 5.74) is 0. The van der Waals surface area contributed by atoms with E-state index in [1.54, 1.807) is 6.92 Å². The first-order valence-corrected chi connectivity index (χ1v) is 11.1. The number of ether oxygens (including phenoxy) is 2. The van der Waals surface area contributed by atoms with Crippen molar-refractivity contribution in [3.63, 3.8) is 0 Å². The lowest BCUT2D eigenvalue weighted by atomic mass is 9.98. The van der Waals surface area contributed by atoms with Crippen molar-refractivity contribution in [2.45, 2.75) is 32.2 Å². The van der Waals surface area contributed by atoms with Crippen LogP contribution in [0, 0.1) is 5.92 Å². The fraction of sp³-hybridized carbons (Fsp3) is 0.824. The Morgan fingerprint density at radius 1 is 1.22 bits per heavy atom. The van der Waals surface area contributed by atoms with Gasteiger partial charge in [-0.05, 0) is 26.2 Å². The third kappa shape index (κ3) is 5.65. The molecule has 2 aliphatic rings. The average Bonchev–Trinajstić information content (AvgIpc) is 3.01. The van der Waals surface area contributed by atoms with Gasteiger partial charge in [-0.1, -0.05) is 0 Å². The first kappa shape index (κ1) is 21.6. The monoisotopic (exact) mass is 404 g/mol.